The monoisotopic (exact) mass is 1420 g/mol. The topological polar surface area (TPSA) is 515 Å². The van der Waals surface area contributed by atoms with Gasteiger partial charge in [-0.1, -0.05) is 39.3 Å². The molecule has 0 aromatic rings. The first-order valence-corrected chi connectivity index (χ1v) is 35.2. The number of hydrogen-bond donors (Lipinski definition) is 17. The van der Waals surface area contributed by atoms with Crippen molar-refractivity contribution in [1.82, 2.24) is 0 Å². The van der Waals surface area contributed by atoms with Gasteiger partial charge in [0.15, 0.2) is 37.7 Å². The highest BCUT2D eigenvalue weighted by atomic mass is 32.3. The van der Waals surface area contributed by atoms with Crippen molar-refractivity contribution in [3.05, 3.63) is 11.6 Å². The lowest BCUT2D eigenvalue weighted by atomic mass is 9.47. The summed E-state index contributed by atoms with van der Waals surface area (Å²) in [4.78, 5) is 13.3. The molecule has 10 aliphatic rings. The summed E-state index contributed by atoms with van der Waals surface area (Å²) in [5.74, 6) is -0.986. The highest BCUT2D eigenvalue weighted by Gasteiger charge is 2.64. The number of rotatable bonds is 21. The first kappa shape index (κ1) is 77.8. The van der Waals surface area contributed by atoms with E-state index in [1.54, 1.807) is 6.92 Å². The summed E-state index contributed by atoms with van der Waals surface area (Å²) in [6.45, 7) is 13.4. The van der Waals surface area contributed by atoms with Gasteiger partial charge in [0.25, 0.3) is 0 Å². The number of aliphatic hydroxyl groups excluding tert-OH is 15. The van der Waals surface area contributed by atoms with E-state index in [0.717, 1.165) is 5.57 Å². The Morgan fingerprint density at radius 3 is 1.58 bits per heavy atom. The predicted octanol–water partition coefficient (Wildman–Crippen LogP) is -4.46. The second-order valence-electron chi connectivity index (χ2n) is 29.9. The second kappa shape index (κ2) is 30.3. The summed E-state index contributed by atoms with van der Waals surface area (Å²) in [6.07, 6.45) is -50.8. The second-order valence-corrected chi connectivity index (χ2v) is 31.0. The number of ketones is 1. The molecular weight excluding hydrogens is 1320 g/mol. The van der Waals surface area contributed by atoms with E-state index in [9.17, 15) is 99.5 Å². The maximum Gasteiger partial charge on any atom is 0.397 e. The van der Waals surface area contributed by atoms with E-state index >= 15 is 0 Å². The highest BCUT2D eigenvalue weighted by Crippen LogP contribution is 2.67. The van der Waals surface area contributed by atoms with Crippen molar-refractivity contribution in [3.8, 4) is 0 Å². The zero-order valence-corrected chi connectivity index (χ0v) is 56.6. The lowest BCUT2D eigenvalue weighted by Gasteiger charge is -2.60. The number of allylic oxidation sites excluding steroid dienone is 2. The Morgan fingerprint density at radius 2 is 1.02 bits per heavy atom. The summed E-state index contributed by atoms with van der Waals surface area (Å²) < 4.78 is 114. The standard InChI is InChI=1S/C63H104O33S/c1-22(2)16-27(66)19-63(9,80)36-11-10-30-29-18-33(32-17-28(96-97(81,82)83)12-14-61(32,7)31(29)13-15-62(30,36)8)88-58-49(79)52(39(69)25(5)86-58)93-59-53(94-55-44(74)41(71)37(67)23(3)84-55)47(77)50(26(6)87-59)91-60-54(95-56-45(75)42(72)38(68)24(4)85-56)48(78)51(35(21-65)90-60)92-57-46(76)43(73)40(70)34(20-64)89-57/h13,22-26,28-30,32-60,64-65,67-80H,10-12,14-21H2,1-9H3,(H,81,82,83)/t23-,24-,25-,26-,28+,29?,30?,32?,33+,34-,35-,36+,37-,38+,39-,40-,41+,42+,43+,44-,45-,46-,47+,48+,49-,50-,51-,52+,53-,54-,55+,56+,57+,58+,59+,60+,61-,62+,63+/m1/s1. The highest BCUT2D eigenvalue weighted by molar-refractivity contribution is 7.80. The quantitative estimate of drug-likeness (QED) is 0.0381. The van der Waals surface area contributed by atoms with Crippen LogP contribution in [0.3, 0.4) is 0 Å². The summed E-state index contributed by atoms with van der Waals surface area (Å²) in [5.41, 5.74) is -1.39. The molecule has 560 valence electrons. The van der Waals surface area contributed by atoms with Gasteiger partial charge in [0.2, 0.25) is 0 Å². The number of carbonyl (C=O) groups excluding carboxylic acids is 1. The SMILES string of the molecule is CC(C)CC(=O)C[C@](C)(O)[C@H]1CCC2C3C[C@H](O[C@@H]4O[C@H](C)[C@@H](O)[C@H](O[C@@H]5O[C@H](C)[C@@H](O[C@@H]6O[C@H](CO)[C@@H](O[C@@H]7O[C@H](CO)[C@@H](O)[C@H](O)[C@H]7O)[C@H](O)[C@H]6O[C@@H]6O[C@H](C)[C@H](O)[C@H](O)[C@H]6O)[C@H](O)[C@H]5O[C@@H]5O[C@H](C)[C@@H](O)[C@H](O)[C@H]5O)[C@H]4O)C4C[C@@H](OS(=O)(=O)O)CC[C@]4(C)C3=CC[C@@]21C. The third-order valence-electron chi connectivity index (χ3n) is 22.7. The van der Waals surface area contributed by atoms with Crippen LogP contribution in [0.15, 0.2) is 11.6 Å². The first-order valence-electron chi connectivity index (χ1n) is 33.9. The summed E-state index contributed by atoms with van der Waals surface area (Å²) in [5, 5.41) is 180. The lowest BCUT2D eigenvalue weighted by molar-refractivity contribution is -0.413. The van der Waals surface area contributed by atoms with Crippen molar-refractivity contribution < 1.29 is 160 Å². The third-order valence-corrected chi connectivity index (χ3v) is 23.2. The molecule has 9 fully saturated rings. The van der Waals surface area contributed by atoms with Crippen LogP contribution in [0.4, 0.5) is 0 Å². The van der Waals surface area contributed by atoms with Crippen molar-refractivity contribution in [2.75, 3.05) is 13.2 Å². The van der Waals surface area contributed by atoms with Gasteiger partial charge in [0.05, 0.1) is 55.4 Å². The van der Waals surface area contributed by atoms with Crippen LogP contribution in [0.25, 0.3) is 0 Å². The maximum atomic E-state index is 13.3. The molecule has 97 heavy (non-hydrogen) atoms. The smallest absolute Gasteiger partial charge is 0.394 e. The largest absolute Gasteiger partial charge is 0.397 e. The molecule has 0 amide bonds. The van der Waals surface area contributed by atoms with Crippen LogP contribution in [-0.2, 0) is 76.2 Å². The van der Waals surface area contributed by atoms with Gasteiger partial charge in [0.1, 0.15) is 128 Å². The average molecular weight is 1420 g/mol. The molecule has 4 aliphatic carbocycles. The Bertz CT molecular complexity index is 2790. The molecule has 0 aromatic carbocycles. The van der Waals surface area contributed by atoms with Crippen LogP contribution >= 0.6 is 0 Å². The van der Waals surface area contributed by atoms with Gasteiger partial charge in [-0.15, -0.1) is 0 Å². The molecule has 17 N–H and O–H groups in total. The average Bonchev–Trinajstić information content (AvgIpc) is 1.67. The number of ether oxygens (including phenoxy) is 12. The van der Waals surface area contributed by atoms with Gasteiger partial charge in [-0.25, -0.2) is 4.18 Å². The zero-order valence-electron chi connectivity index (χ0n) is 55.8. The van der Waals surface area contributed by atoms with Gasteiger partial charge in [0, 0.05) is 12.8 Å². The minimum absolute atomic E-state index is 0.0126. The Balaban J connectivity index is 0.938. The van der Waals surface area contributed by atoms with Crippen molar-refractivity contribution in [2.24, 2.45) is 40.4 Å². The van der Waals surface area contributed by atoms with Crippen LogP contribution < -0.4 is 0 Å². The summed E-state index contributed by atoms with van der Waals surface area (Å²) >= 11 is 0. The van der Waals surface area contributed by atoms with E-state index in [0.29, 0.717) is 32.1 Å². The summed E-state index contributed by atoms with van der Waals surface area (Å²) in [7, 11) is -4.92. The van der Waals surface area contributed by atoms with Crippen molar-refractivity contribution >= 4 is 16.2 Å². The number of fused-ring (bicyclic) bond motifs is 5. The van der Waals surface area contributed by atoms with E-state index in [-0.39, 0.29) is 55.1 Å². The molecule has 6 saturated heterocycles. The Hall–Kier alpha value is -1.84. The fourth-order valence-electron chi connectivity index (χ4n) is 17.5. The van der Waals surface area contributed by atoms with Gasteiger partial charge in [-0.2, -0.15) is 8.42 Å². The molecular formula is C63H104O33S. The van der Waals surface area contributed by atoms with Crippen LogP contribution in [-0.4, -0.2) is 316 Å². The molecule has 34 heteroatoms. The van der Waals surface area contributed by atoms with Gasteiger partial charge < -0.3 is 139 Å². The van der Waals surface area contributed by atoms with E-state index in [4.69, 9.17) is 61.0 Å². The maximum absolute atomic E-state index is 13.3. The van der Waals surface area contributed by atoms with Crippen LogP contribution in [0.1, 0.15) is 120 Å². The Labute approximate surface area is 562 Å². The van der Waals surface area contributed by atoms with Crippen LogP contribution in [0, 0.1) is 40.4 Å². The zero-order chi connectivity index (χ0) is 71.2. The molecule has 3 unspecified atom stereocenters. The fraction of sp³-hybridized carbons (Fsp3) is 0.952. The predicted molar refractivity (Wildman–Crippen MR) is 323 cm³/mol. The molecule has 0 bridgehead atoms. The first-order chi connectivity index (χ1) is 45.3. The van der Waals surface area contributed by atoms with Crippen LogP contribution in [0.2, 0.25) is 0 Å². The molecule has 0 radical (unpaired) electrons. The van der Waals surface area contributed by atoms with Gasteiger partial charge in [-0.05, 0) is 120 Å². The van der Waals surface area contributed by atoms with E-state index < -0.39 is 242 Å². The molecule has 10 rings (SSSR count). The minimum atomic E-state index is -4.92. The lowest BCUT2D eigenvalue weighted by Crippen LogP contribution is -2.69. The number of carbonyl (C=O) groups is 1. The molecule has 33 nitrogen and oxygen atoms in total. The molecule has 6 aliphatic heterocycles. The van der Waals surface area contributed by atoms with Gasteiger partial charge >= 0.3 is 10.4 Å². The summed E-state index contributed by atoms with van der Waals surface area (Å²) in [6, 6.07) is 0. The number of Topliss-reactive ketones (excluding diaryl/α,β-unsaturated/α-hetero) is 1. The van der Waals surface area contributed by atoms with E-state index in [2.05, 4.69) is 19.9 Å². The van der Waals surface area contributed by atoms with Crippen molar-refractivity contribution in [2.45, 2.75) is 322 Å². The fourth-order valence-corrected chi connectivity index (χ4v) is 18.1. The Morgan fingerprint density at radius 1 is 0.546 bits per heavy atom. The molecule has 39 atom stereocenters. The van der Waals surface area contributed by atoms with E-state index in [1.807, 2.05) is 13.8 Å². The number of aliphatic hydroxyl groups is 16. The van der Waals surface area contributed by atoms with Crippen LogP contribution in [0.5, 0.6) is 0 Å². The normalized spacial score (nSPS) is 52.0. The molecule has 3 saturated carbocycles. The molecule has 0 spiro atoms. The molecule has 6 heterocycles. The minimum Gasteiger partial charge on any atom is -0.394 e. The molecule has 0 aromatic heterocycles. The van der Waals surface area contributed by atoms with Crippen molar-refractivity contribution in [1.29, 1.82) is 0 Å². The Kier molecular flexibility index (Phi) is 24.3. The third kappa shape index (κ3) is 15.5. The van der Waals surface area contributed by atoms with Gasteiger partial charge in [-0.3, -0.25) is 9.35 Å². The van der Waals surface area contributed by atoms with Crippen molar-refractivity contribution in [3.63, 3.8) is 0 Å². The number of hydrogen-bond acceptors (Lipinski definition) is 32. The van der Waals surface area contributed by atoms with E-state index in [1.165, 1.54) is 27.7 Å².